The molecule has 0 spiro atoms. The van der Waals surface area contributed by atoms with E-state index in [4.69, 9.17) is 9.84 Å². The predicted octanol–water partition coefficient (Wildman–Crippen LogP) is 1.96. The van der Waals surface area contributed by atoms with E-state index in [9.17, 15) is 14.4 Å². The molecule has 3 atom stereocenters. The third-order valence-corrected chi connectivity index (χ3v) is 4.20. The molecule has 2 amide bonds. The van der Waals surface area contributed by atoms with Gasteiger partial charge in [0.15, 0.2) is 0 Å². The Balaban J connectivity index is 2.80. The van der Waals surface area contributed by atoms with Crippen LogP contribution in [0.25, 0.3) is 0 Å². The highest BCUT2D eigenvalue weighted by molar-refractivity contribution is 5.90. The first kappa shape index (κ1) is 22.6. The van der Waals surface area contributed by atoms with Crippen molar-refractivity contribution < 1.29 is 24.2 Å². The molecule has 0 bridgehead atoms. The number of aliphatic carboxylic acids is 1. The fraction of sp³-hybridized carbons (Fsp3) is 0.550. The van der Waals surface area contributed by atoms with E-state index in [1.807, 2.05) is 44.2 Å². The van der Waals surface area contributed by atoms with Crippen LogP contribution in [0.5, 0.6) is 0 Å². The summed E-state index contributed by atoms with van der Waals surface area (Å²) >= 11 is 0. The number of carboxylic acid groups (broad SMARTS) is 1. The lowest BCUT2D eigenvalue weighted by Gasteiger charge is -2.26. The maximum atomic E-state index is 12.6. The number of likely N-dealkylation sites (N-methyl/N-ethyl adjacent to an activating group) is 1. The molecule has 3 N–H and O–H groups in total. The summed E-state index contributed by atoms with van der Waals surface area (Å²) in [5, 5.41) is 14.3. The lowest BCUT2D eigenvalue weighted by Crippen LogP contribution is -2.54. The van der Waals surface area contributed by atoms with Gasteiger partial charge in [-0.25, -0.2) is 0 Å². The summed E-state index contributed by atoms with van der Waals surface area (Å²) in [5.41, 5.74) is 0.954. The molecule has 0 aliphatic rings. The Hall–Kier alpha value is -2.41. The smallest absolute Gasteiger partial charge is 0.304 e. The third-order valence-electron chi connectivity index (χ3n) is 4.20. The Kier molecular flexibility index (Phi) is 9.50. The number of hydrogen-bond acceptors (Lipinski definition) is 4. The van der Waals surface area contributed by atoms with Gasteiger partial charge in [0.1, 0.15) is 6.04 Å². The zero-order chi connectivity index (χ0) is 20.4. The Labute approximate surface area is 160 Å². The van der Waals surface area contributed by atoms with Crippen molar-refractivity contribution in [3.63, 3.8) is 0 Å². The van der Waals surface area contributed by atoms with Crippen LogP contribution in [-0.4, -0.2) is 42.1 Å². The van der Waals surface area contributed by atoms with Gasteiger partial charge < -0.3 is 20.5 Å². The van der Waals surface area contributed by atoms with Crippen LogP contribution in [0.15, 0.2) is 30.3 Å². The van der Waals surface area contributed by atoms with Gasteiger partial charge in [-0.2, -0.15) is 0 Å². The van der Waals surface area contributed by atoms with Gasteiger partial charge in [0.05, 0.1) is 19.1 Å². The zero-order valence-corrected chi connectivity index (χ0v) is 16.4. The summed E-state index contributed by atoms with van der Waals surface area (Å²) in [6.45, 7) is 5.85. The molecular weight excluding hydrogens is 348 g/mol. The number of carboxylic acids is 1. The molecule has 7 heteroatoms. The normalized spacial score (nSPS) is 14.3. The van der Waals surface area contributed by atoms with E-state index in [0.717, 1.165) is 5.56 Å². The summed E-state index contributed by atoms with van der Waals surface area (Å²) < 4.78 is 5.76. The first-order chi connectivity index (χ1) is 12.7. The molecule has 0 aromatic heterocycles. The summed E-state index contributed by atoms with van der Waals surface area (Å²) in [6.07, 6.45) is -0.430. The number of carbonyl (C=O) groups excluding carboxylic acids is 2. The Bertz CT molecular complexity index is 618. The van der Waals surface area contributed by atoms with Crippen molar-refractivity contribution in [2.45, 2.75) is 52.4 Å². The molecule has 7 nitrogen and oxygen atoms in total. The highest BCUT2D eigenvalue weighted by atomic mass is 16.5. The van der Waals surface area contributed by atoms with E-state index < -0.39 is 29.9 Å². The van der Waals surface area contributed by atoms with E-state index in [-0.39, 0.29) is 18.2 Å². The van der Waals surface area contributed by atoms with E-state index in [1.165, 1.54) is 7.05 Å². The number of hydrogen-bond donors (Lipinski definition) is 3. The molecule has 0 saturated carbocycles. The van der Waals surface area contributed by atoms with Gasteiger partial charge in [0.2, 0.25) is 11.8 Å². The molecule has 27 heavy (non-hydrogen) atoms. The molecule has 0 radical (unpaired) electrons. The second-order valence-electron chi connectivity index (χ2n) is 7.03. The van der Waals surface area contributed by atoms with Crippen LogP contribution in [0.3, 0.4) is 0 Å². The Morgan fingerprint density at radius 3 is 2.22 bits per heavy atom. The first-order valence-electron chi connectivity index (χ1n) is 9.13. The van der Waals surface area contributed by atoms with Gasteiger partial charge in [-0.05, 0) is 24.8 Å². The van der Waals surface area contributed by atoms with Crippen LogP contribution in [0.2, 0.25) is 0 Å². The number of ether oxygens (including phenoxy) is 1. The van der Waals surface area contributed by atoms with Crippen LogP contribution in [0.1, 0.15) is 39.2 Å². The number of nitrogens with one attached hydrogen (secondary N) is 2. The average molecular weight is 378 g/mol. The average Bonchev–Trinajstić information content (AvgIpc) is 2.62. The molecule has 0 heterocycles. The maximum absolute atomic E-state index is 12.6. The summed E-state index contributed by atoms with van der Waals surface area (Å²) in [7, 11) is 1.48. The minimum absolute atomic E-state index is 0.158. The molecule has 1 aromatic carbocycles. The summed E-state index contributed by atoms with van der Waals surface area (Å²) in [6, 6.07) is 8.60. The highest BCUT2D eigenvalue weighted by Crippen LogP contribution is 2.17. The van der Waals surface area contributed by atoms with Gasteiger partial charge in [-0.3, -0.25) is 14.4 Å². The zero-order valence-electron chi connectivity index (χ0n) is 16.4. The molecule has 0 aliphatic carbocycles. The van der Waals surface area contributed by atoms with Crippen LogP contribution in [-0.2, 0) is 25.7 Å². The van der Waals surface area contributed by atoms with Crippen LogP contribution < -0.4 is 10.6 Å². The minimum atomic E-state index is -1.04. The predicted molar refractivity (Wildman–Crippen MR) is 102 cm³/mol. The second-order valence-corrected chi connectivity index (χ2v) is 7.03. The van der Waals surface area contributed by atoms with Crippen molar-refractivity contribution in [3.05, 3.63) is 35.9 Å². The minimum Gasteiger partial charge on any atom is -0.481 e. The molecule has 0 fully saturated rings. The van der Waals surface area contributed by atoms with E-state index in [2.05, 4.69) is 10.6 Å². The molecule has 0 aliphatic heterocycles. The van der Waals surface area contributed by atoms with Crippen molar-refractivity contribution >= 4 is 17.8 Å². The van der Waals surface area contributed by atoms with E-state index >= 15 is 0 Å². The second kappa shape index (κ2) is 11.3. The molecular formula is C20H30N2O5. The van der Waals surface area contributed by atoms with Crippen molar-refractivity contribution in [1.29, 1.82) is 0 Å². The van der Waals surface area contributed by atoms with Gasteiger partial charge in [-0.1, -0.05) is 44.2 Å². The fourth-order valence-electron chi connectivity index (χ4n) is 2.78. The van der Waals surface area contributed by atoms with Crippen molar-refractivity contribution in [2.24, 2.45) is 11.8 Å². The highest BCUT2D eigenvalue weighted by Gasteiger charge is 2.31. The third kappa shape index (κ3) is 8.21. The van der Waals surface area contributed by atoms with Gasteiger partial charge in [0.25, 0.3) is 0 Å². The fourth-order valence-corrected chi connectivity index (χ4v) is 2.78. The SMILES string of the molecule is CNC(=O)C(NC(=O)C(CC(=O)O)CC(C)C)C(C)OCc1ccccc1. The van der Waals surface area contributed by atoms with E-state index in [1.54, 1.807) is 6.92 Å². The topological polar surface area (TPSA) is 105 Å². The number of carbonyl (C=O) groups is 3. The van der Waals surface area contributed by atoms with E-state index in [0.29, 0.717) is 13.0 Å². The van der Waals surface area contributed by atoms with Gasteiger partial charge >= 0.3 is 5.97 Å². The van der Waals surface area contributed by atoms with Crippen molar-refractivity contribution in [1.82, 2.24) is 10.6 Å². The lowest BCUT2D eigenvalue weighted by molar-refractivity contribution is -0.142. The van der Waals surface area contributed by atoms with Crippen LogP contribution >= 0.6 is 0 Å². The first-order valence-corrected chi connectivity index (χ1v) is 9.13. The quantitative estimate of drug-likeness (QED) is 0.546. The van der Waals surface area contributed by atoms with Crippen molar-refractivity contribution in [3.8, 4) is 0 Å². The number of amides is 2. The molecule has 1 rings (SSSR count). The van der Waals surface area contributed by atoms with Crippen LogP contribution in [0.4, 0.5) is 0 Å². The Morgan fingerprint density at radius 1 is 1.07 bits per heavy atom. The van der Waals surface area contributed by atoms with Crippen molar-refractivity contribution in [2.75, 3.05) is 7.05 Å². The molecule has 1 aromatic rings. The molecule has 3 unspecified atom stereocenters. The molecule has 150 valence electrons. The van der Waals surface area contributed by atoms with Gasteiger partial charge in [-0.15, -0.1) is 0 Å². The lowest BCUT2D eigenvalue weighted by atomic mass is 9.93. The maximum Gasteiger partial charge on any atom is 0.304 e. The summed E-state index contributed by atoms with van der Waals surface area (Å²) in [4.78, 5) is 35.9. The van der Waals surface area contributed by atoms with Gasteiger partial charge in [0, 0.05) is 13.0 Å². The van der Waals surface area contributed by atoms with Crippen LogP contribution in [0, 0.1) is 11.8 Å². The largest absolute Gasteiger partial charge is 0.481 e. The monoisotopic (exact) mass is 378 g/mol. The summed E-state index contributed by atoms with van der Waals surface area (Å²) in [5.74, 6) is -2.42. The number of rotatable bonds is 11. The Morgan fingerprint density at radius 2 is 1.70 bits per heavy atom. The standard InChI is InChI=1S/C20H30N2O5/c1-13(2)10-16(11-17(23)24)19(25)22-18(20(26)21-4)14(3)27-12-15-8-6-5-7-9-15/h5-9,13-14,16,18H,10-12H2,1-4H3,(H,21,26)(H,22,25)(H,23,24). The molecule has 0 saturated heterocycles. The number of benzene rings is 1.